The zero-order chi connectivity index (χ0) is 70.5. The Morgan fingerprint density at radius 1 is 0.573 bits per heavy atom. The van der Waals surface area contributed by atoms with Crippen molar-refractivity contribution in [2.75, 3.05) is 51.6 Å². The van der Waals surface area contributed by atoms with E-state index in [1.807, 2.05) is 0 Å². The number of carbonyl (C=O) groups excluding carboxylic acids is 14. The molecular formula is C60H86FN15O19S. The summed E-state index contributed by atoms with van der Waals surface area (Å²) in [6, 6.07) is -0.430. The van der Waals surface area contributed by atoms with Crippen molar-refractivity contribution < 1.29 is 95.6 Å². The molecule has 1 fully saturated rings. The number of phenols is 1. The summed E-state index contributed by atoms with van der Waals surface area (Å²) in [6.07, 6.45) is -0.196. The van der Waals surface area contributed by atoms with Gasteiger partial charge >= 0.3 is 17.9 Å². The molecule has 0 aliphatic carbocycles. The molecule has 34 nitrogen and oxygen atoms in total. The van der Waals surface area contributed by atoms with Gasteiger partial charge in [-0.15, -0.1) is 11.8 Å². The van der Waals surface area contributed by atoms with Crippen LogP contribution in [-0.2, 0) is 105 Å². The summed E-state index contributed by atoms with van der Waals surface area (Å²) in [4.78, 5) is 193. The molecule has 0 spiro atoms. The van der Waals surface area contributed by atoms with Crippen molar-refractivity contribution in [2.24, 2.45) is 5.73 Å². The van der Waals surface area contributed by atoms with Crippen LogP contribution < -0.4 is 58.9 Å². The molecule has 0 radical (unpaired) electrons. The molecule has 1 aromatic carbocycles. The van der Waals surface area contributed by atoms with E-state index < -0.39 is 144 Å². The lowest BCUT2D eigenvalue weighted by molar-refractivity contribution is -0.221. The lowest BCUT2D eigenvalue weighted by Gasteiger charge is -2.42. The minimum absolute atomic E-state index is 0.0134. The average Bonchev–Trinajstić information content (AvgIpc) is 0.927. The van der Waals surface area contributed by atoms with E-state index in [1.165, 1.54) is 36.9 Å². The van der Waals surface area contributed by atoms with Crippen LogP contribution in [0.2, 0.25) is 0 Å². The van der Waals surface area contributed by atoms with E-state index in [9.17, 15) is 72.2 Å². The van der Waals surface area contributed by atoms with Crippen LogP contribution in [0.15, 0.2) is 49.3 Å². The number of aromatic nitrogens is 4. The third-order valence-corrected chi connectivity index (χ3v) is 15.4. The van der Waals surface area contributed by atoms with E-state index in [1.54, 1.807) is 12.4 Å². The molecule has 3 aromatic rings. The largest absolute Gasteiger partial charge is 0.508 e. The number of halogens is 1. The minimum atomic E-state index is -2.26. The first-order chi connectivity index (χ1) is 45.8. The van der Waals surface area contributed by atoms with Crippen molar-refractivity contribution in [1.29, 1.82) is 0 Å². The molecular weight excluding hydrogens is 1290 g/mol. The molecule has 11 amide bonds. The normalized spacial score (nSPS) is 16.8. The number of imidazole rings is 2. The number of alkyl halides is 1. The highest BCUT2D eigenvalue weighted by atomic mass is 32.2. The number of carbonyl (C=O) groups is 14. The van der Waals surface area contributed by atoms with Gasteiger partial charge < -0.3 is 92.9 Å². The van der Waals surface area contributed by atoms with Gasteiger partial charge in [0, 0.05) is 128 Å². The molecule has 0 saturated carbocycles. The zero-order valence-corrected chi connectivity index (χ0v) is 54.5. The molecule has 36 heteroatoms. The summed E-state index contributed by atoms with van der Waals surface area (Å²) < 4.78 is 37.9. The number of aromatic amines is 2. The fourth-order valence-corrected chi connectivity index (χ4v) is 10.4. The summed E-state index contributed by atoms with van der Waals surface area (Å²) in [5.74, 6) is -10.9. The lowest BCUT2D eigenvalue weighted by atomic mass is 10.0. The number of aromatic hydroxyl groups is 1. The molecule has 4 rings (SSSR count). The van der Waals surface area contributed by atoms with Gasteiger partial charge in [0.1, 0.15) is 48.1 Å². The summed E-state index contributed by atoms with van der Waals surface area (Å²) in [7, 11) is 0. The highest BCUT2D eigenvalue weighted by molar-refractivity contribution is 7.99. The Bertz CT molecular complexity index is 3070. The van der Waals surface area contributed by atoms with Crippen LogP contribution >= 0.6 is 11.8 Å². The maximum Gasteiger partial charge on any atom is 0.303 e. The Morgan fingerprint density at radius 2 is 1.03 bits per heavy atom. The number of ether oxygens (including phenoxy) is 4. The first-order valence-electron chi connectivity index (χ1n) is 31.0. The first-order valence-corrected chi connectivity index (χ1v) is 32.0. The standard InChI is InChI=1S/C60H86FN15O19S/c1-34(77)73-45(31-96-60-53(61)55(94-37(4)80)54(93-36(3)79)46(95-60)30-92-35(2)78)59(91)75-43(10-6-8-22-66-52(87)29-70-50(85)18-16-48(83)68-24-20-40-27-64-33-72-40)57(89)76-44(25-38-11-13-41(81)14-12-38)58(90)74-42(56(62)88)9-5-7-21-65-51(86)28-69-49(84)17-15-47(82)67-23-19-39-26-63-32-71-39/h11-14,26-27,32-33,42-46,53-55,60,81H,5-10,15-25,28-31H2,1-4H3,(H2,62,88)(H,63,71)(H,64,72)(H,65,86)(H,66,87)(H,67,82)(H,68,83)(H,69,84)(H,70,85)(H,73,77)(H,74,90)(H,75,91)(H,76,89)/t42?,43?,44?,45?,46-,53-,54-,55-,60+/m1/s1. The van der Waals surface area contributed by atoms with E-state index in [4.69, 9.17) is 24.7 Å². The molecule has 2 aromatic heterocycles. The molecule has 528 valence electrons. The number of hydrogen-bond donors (Lipinski definition) is 14. The van der Waals surface area contributed by atoms with Crippen LogP contribution in [-0.4, -0.2) is 214 Å². The SMILES string of the molecule is CC(=O)NC(CS[C@@H]1O[C@H](COC(C)=O)[C@@H](OC(C)=O)[C@H](OC(C)=O)[C@H]1F)C(=O)NC(CCCCNC(=O)CNC(=O)CCC(=O)NCCc1cnc[nH]1)C(=O)NC(Cc1ccc(O)cc1)C(=O)NC(CCCCNC(=O)CNC(=O)CCC(=O)NCCc1cnc[nH]1)C(N)=O. The molecule has 1 aliphatic rings. The van der Waals surface area contributed by atoms with Crippen LogP contribution in [0.3, 0.4) is 0 Å². The van der Waals surface area contributed by atoms with Crippen molar-refractivity contribution in [1.82, 2.24) is 73.1 Å². The third-order valence-electron chi connectivity index (χ3n) is 14.1. The van der Waals surface area contributed by atoms with Crippen molar-refractivity contribution in [3.05, 3.63) is 66.3 Å². The topological polar surface area (TPSA) is 500 Å². The number of esters is 3. The number of nitrogens with one attached hydrogen (secondary N) is 12. The number of phenolic OH excluding ortho intramolecular Hbond substituents is 1. The summed E-state index contributed by atoms with van der Waals surface area (Å²) in [5.41, 5.74) is 6.15. The first kappa shape index (κ1) is 78.7. The van der Waals surface area contributed by atoms with Crippen molar-refractivity contribution in [2.45, 2.75) is 165 Å². The molecule has 15 N–H and O–H groups in total. The van der Waals surface area contributed by atoms with Crippen molar-refractivity contribution in [3.8, 4) is 5.75 Å². The van der Waals surface area contributed by atoms with Gasteiger partial charge in [0.15, 0.2) is 18.4 Å². The number of H-pyrrole nitrogens is 2. The van der Waals surface area contributed by atoms with Crippen LogP contribution in [0.5, 0.6) is 5.75 Å². The Balaban J connectivity index is 1.44. The number of thioether (sulfide) groups is 1. The summed E-state index contributed by atoms with van der Waals surface area (Å²) in [6.45, 7) is 3.42. The summed E-state index contributed by atoms with van der Waals surface area (Å²) in [5, 5.41) is 35.8. The number of primary amides is 1. The Morgan fingerprint density at radius 3 is 1.51 bits per heavy atom. The summed E-state index contributed by atoms with van der Waals surface area (Å²) >= 11 is 0.603. The van der Waals surface area contributed by atoms with E-state index in [0.29, 0.717) is 43.3 Å². The van der Waals surface area contributed by atoms with E-state index >= 15 is 4.39 Å². The minimum Gasteiger partial charge on any atom is -0.508 e. The van der Waals surface area contributed by atoms with Crippen LogP contribution in [0.4, 0.5) is 4.39 Å². The van der Waals surface area contributed by atoms with Gasteiger partial charge in [-0.05, 0) is 56.2 Å². The van der Waals surface area contributed by atoms with Gasteiger partial charge in [-0.25, -0.2) is 14.4 Å². The third kappa shape index (κ3) is 31.5. The second-order valence-corrected chi connectivity index (χ2v) is 23.2. The zero-order valence-electron chi connectivity index (χ0n) is 53.7. The number of amides is 11. The predicted molar refractivity (Wildman–Crippen MR) is 337 cm³/mol. The average molecular weight is 1370 g/mol. The van der Waals surface area contributed by atoms with Crippen molar-refractivity contribution in [3.63, 3.8) is 0 Å². The molecule has 9 atom stereocenters. The molecule has 3 heterocycles. The lowest BCUT2D eigenvalue weighted by Crippen LogP contribution is -2.60. The predicted octanol–water partition coefficient (Wildman–Crippen LogP) is -2.87. The van der Waals surface area contributed by atoms with E-state index in [-0.39, 0.29) is 108 Å². The quantitative estimate of drug-likeness (QED) is 0.0154. The maximum absolute atomic E-state index is 16.4. The highest BCUT2D eigenvalue weighted by Gasteiger charge is 2.51. The van der Waals surface area contributed by atoms with E-state index in [0.717, 1.165) is 39.1 Å². The number of unbranched alkanes of at least 4 members (excludes halogenated alkanes) is 2. The van der Waals surface area contributed by atoms with Gasteiger partial charge in [-0.3, -0.25) is 67.1 Å². The van der Waals surface area contributed by atoms with Gasteiger partial charge in [0.25, 0.3) is 0 Å². The second kappa shape index (κ2) is 42.6. The molecule has 96 heavy (non-hydrogen) atoms. The Labute approximate surface area is 556 Å². The second-order valence-electron chi connectivity index (χ2n) is 22.1. The number of nitrogens with zero attached hydrogens (tertiary/aromatic N) is 2. The molecule has 4 unspecified atom stereocenters. The fraction of sp³-hybridized carbons (Fsp3) is 0.567. The van der Waals surface area contributed by atoms with Crippen LogP contribution in [0, 0.1) is 0 Å². The number of nitrogens with two attached hydrogens (primary N) is 1. The molecule has 1 aliphatic heterocycles. The maximum atomic E-state index is 16.4. The number of benzene rings is 1. The number of rotatable bonds is 43. The fourth-order valence-electron chi connectivity index (χ4n) is 9.27. The highest BCUT2D eigenvalue weighted by Crippen LogP contribution is 2.34. The molecule has 1 saturated heterocycles. The monoisotopic (exact) mass is 1370 g/mol. The van der Waals surface area contributed by atoms with Gasteiger partial charge in [0.2, 0.25) is 65.0 Å². The molecule has 0 bridgehead atoms. The van der Waals surface area contributed by atoms with Gasteiger partial charge in [-0.2, -0.15) is 0 Å². The van der Waals surface area contributed by atoms with Crippen LogP contribution in [0.1, 0.15) is 109 Å². The van der Waals surface area contributed by atoms with Gasteiger partial charge in [0.05, 0.1) is 25.7 Å². The Kier molecular flexibility index (Phi) is 34.9. The van der Waals surface area contributed by atoms with Crippen molar-refractivity contribution >= 4 is 94.6 Å². The van der Waals surface area contributed by atoms with Crippen LogP contribution in [0.25, 0.3) is 0 Å². The Hall–Kier alpha value is -9.74. The van der Waals surface area contributed by atoms with Gasteiger partial charge in [-0.1, -0.05) is 12.1 Å². The smallest absolute Gasteiger partial charge is 0.303 e. The number of hydrogen-bond acceptors (Lipinski definition) is 22. The van der Waals surface area contributed by atoms with E-state index in [2.05, 4.69) is 73.1 Å².